The molecule has 0 aliphatic carbocycles. The molecule has 1 N–H and O–H groups in total. The first-order chi connectivity index (χ1) is 8.95. The van der Waals surface area contributed by atoms with Crippen molar-refractivity contribution in [3.8, 4) is 0 Å². The lowest BCUT2D eigenvalue weighted by atomic mass is 10.2. The largest absolute Gasteiger partial charge is 0.389 e. The van der Waals surface area contributed by atoms with E-state index in [4.69, 9.17) is 4.74 Å². The number of sulfonamides is 1. The van der Waals surface area contributed by atoms with Crippen LogP contribution in [0.25, 0.3) is 0 Å². The molecule has 0 radical (unpaired) electrons. The normalized spacial score (nSPS) is 13.7. The van der Waals surface area contributed by atoms with Crippen molar-refractivity contribution in [2.75, 3.05) is 33.1 Å². The van der Waals surface area contributed by atoms with Gasteiger partial charge in [-0.1, -0.05) is 30.3 Å². The van der Waals surface area contributed by atoms with Crippen LogP contribution in [0.5, 0.6) is 0 Å². The van der Waals surface area contributed by atoms with E-state index in [9.17, 15) is 13.5 Å². The van der Waals surface area contributed by atoms with Crippen LogP contribution in [0.3, 0.4) is 0 Å². The standard InChI is InChI=1S/C13H21NO4S/c1-14(10-13(15)11-18-2)19(16,17)9-8-12-6-4-3-5-7-12/h3-7,13,15H,8-11H2,1-2H3. The van der Waals surface area contributed by atoms with Gasteiger partial charge in [-0.3, -0.25) is 0 Å². The Hall–Kier alpha value is -0.950. The van der Waals surface area contributed by atoms with Gasteiger partial charge in [0.1, 0.15) is 0 Å². The molecule has 1 aromatic carbocycles. The second-order valence-electron chi connectivity index (χ2n) is 4.44. The predicted molar refractivity (Wildman–Crippen MR) is 74.4 cm³/mol. The van der Waals surface area contributed by atoms with Crippen molar-refractivity contribution in [1.82, 2.24) is 4.31 Å². The molecule has 108 valence electrons. The molecule has 19 heavy (non-hydrogen) atoms. The Labute approximate surface area is 114 Å². The lowest BCUT2D eigenvalue weighted by molar-refractivity contribution is 0.0554. The smallest absolute Gasteiger partial charge is 0.214 e. The third kappa shape index (κ3) is 5.69. The van der Waals surface area contributed by atoms with Crippen molar-refractivity contribution >= 4 is 10.0 Å². The van der Waals surface area contributed by atoms with Gasteiger partial charge in [-0.05, 0) is 12.0 Å². The van der Waals surface area contributed by atoms with Gasteiger partial charge < -0.3 is 9.84 Å². The van der Waals surface area contributed by atoms with Crippen LogP contribution in [0.4, 0.5) is 0 Å². The molecule has 0 amide bonds. The van der Waals surface area contributed by atoms with Crippen LogP contribution in [0.15, 0.2) is 30.3 Å². The van der Waals surface area contributed by atoms with Crippen LogP contribution in [0.1, 0.15) is 5.56 Å². The molecule has 1 atom stereocenters. The number of ether oxygens (including phenoxy) is 1. The first kappa shape index (κ1) is 16.1. The van der Waals surface area contributed by atoms with E-state index in [0.717, 1.165) is 5.56 Å². The number of hydrogen-bond donors (Lipinski definition) is 1. The summed E-state index contributed by atoms with van der Waals surface area (Å²) in [5.74, 6) is 0.0349. The van der Waals surface area contributed by atoms with Crippen molar-refractivity contribution in [3.63, 3.8) is 0 Å². The molecular formula is C13H21NO4S. The van der Waals surface area contributed by atoms with E-state index in [1.165, 1.54) is 18.5 Å². The van der Waals surface area contributed by atoms with Gasteiger partial charge in [-0.2, -0.15) is 0 Å². The van der Waals surface area contributed by atoms with Gasteiger partial charge in [0.25, 0.3) is 0 Å². The minimum absolute atomic E-state index is 0.0349. The lowest BCUT2D eigenvalue weighted by Gasteiger charge is -2.20. The van der Waals surface area contributed by atoms with E-state index in [2.05, 4.69) is 0 Å². The second kappa shape index (κ2) is 7.59. The quantitative estimate of drug-likeness (QED) is 0.756. The molecule has 0 bridgehead atoms. The van der Waals surface area contributed by atoms with E-state index in [-0.39, 0.29) is 18.9 Å². The van der Waals surface area contributed by atoms with Crippen molar-refractivity contribution in [3.05, 3.63) is 35.9 Å². The topological polar surface area (TPSA) is 66.8 Å². The van der Waals surface area contributed by atoms with Gasteiger partial charge in [-0.15, -0.1) is 0 Å². The summed E-state index contributed by atoms with van der Waals surface area (Å²) in [6.45, 7) is 0.170. The first-order valence-corrected chi connectivity index (χ1v) is 7.71. The third-order valence-electron chi connectivity index (χ3n) is 2.79. The summed E-state index contributed by atoms with van der Waals surface area (Å²) in [6.07, 6.45) is -0.338. The van der Waals surface area contributed by atoms with Crippen molar-refractivity contribution in [1.29, 1.82) is 0 Å². The van der Waals surface area contributed by atoms with Crippen LogP contribution in [0, 0.1) is 0 Å². The van der Waals surface area contributed by atoms with E-state index >= 15 is 0 Å². The molecule has 0 aliphatic heterocycles. The molecule has 0 heterocycles. The summed E-state index contributed by atoms with van der Waals surface area (Å²) in [6, 6.07) is 9.46. The Bertz CT molecular complexity index is 461. The van der Waals surface area contributed by atoms with Gasteiger partial charge in [0.05, 0.1) is 18.5 Å². The van der Waals surface area contributed by atoms with Crippen LogP contribution in [-0.4, -0.2) is 57.0 Å². The van der Waals surface area contributed by atoms with Crippen LogP contribution >= 0.6 is 0 Å². The number of likely N-dealkylation sites (N-methyl/N-ethyl adjacent to an activating group) is 1. The van der Waals surface area contributed by atoms with Gasteiger partial charge in [0, 0.05) is 20.7 Å². The zero-order valence-electron chi connectivity index (χ0n) is 11.3. The average Bonchev–Trinajstić information content (AvgIpc) is 2.38. The highest BCUT2D eigenvalue weighted by Crippen LogP contribution is 2.06. The van der Waals surface area contributed by atoms with Gasteiger partial charge in [0.2, 0.25) is 10.0 Å². The minimum atomic E-state index is -3.35. The zero-order valence-corrected chi connectivity index (χ0v) is 12.1. The molecule has 0 saturated carbocycles. The number of methoxy groups -OCH3 is 1. The van der Waals surface area contributed by atoms with Crippen LogP contribution in [0.2, 0.25) is 0 Å². The Morgan fingerprint density at radius 1 is 1.32 bits per heavy atom. The number of aryl methyl sites for hydroxylation is 1. The number of aliphatic hydroxyl groups is 1. The Morgan fingerprint density at radius 2 is 1.95 bits per heavy atom. The molecule has 5 nitrogen and oxygen atoms in total. The highest BCUT2D eigenvalue weighted by Gasteiger charge is 2.20. The summed E-state index contributed by atoms with van der Waals surface area (Å²) < 4.78 is 30.0. The predicted octanol–water partition coefficient (Wildman–Crippen LogP) is 0.498. The van der Waals surface area contributed by atoms with Gasteiger partial charge >= 0.3 is 0 Å². The molecule has 1 unspecified atom stereocenters. The molecular weight excluding hydrogens is 266 g/mol. The summed E-state index contributed by atoms with van der Waals surface area (Å²) in [5.41, 5.74) is 0.983. The fourth-order valence-corrected chi connectivity index (χ4v) is 2.91. The maximum Gasteiger partial charge on any atom is 0.214 e. The van der Waals surface area contributed by atoms with E-state index in [0.29, 0.717) is 6.42 Å². The molecule has 0 spiro atoms. The zero-order chi connectivity index (χ0) is 14.3. The van der Waals surface area contributed by atoms with Crippen molar-refractivity contribution in [2.45, 2.75) is 12.5 Å². The maximum absolute atomic E-state index is 12.0. The molecule has 0 saturated heterocycles. The van der Waals surface area contributed by atoms with Gasteiger partial charge in [-0.25, -0.2) is 12.7 Å². The van der Waals surface area contributed by atoms with Crippen LogP contribution < -0.4 is 0 Å². The fourth-order valence-electron chi connectivity index (χ4n) is 1.70. The van der Waals surface area contributed by atoms with E-state index in [1.54, 1.807) is 0 Å². The monoisotopic (exact) mass is 287 g/mol. The maximum atomic E-state index is 12.0. The second-order valence-corrected chi connectivity index (χ2v) is 6.64. The van der Waals surface area contributed by atoms with Crippen molar-refractivity contribution in [2.24, 2.45) is 0 Å². The molecule has 1 rings (SSSR count). The number of aliphatic hydroxyl groups excluding tert-OH is 1. The lowest BCUT2D eigenvalue weighted by Crippen LogP contribution is -2.37. The number of benzene rings is 1. The minimum Gasteiger partial charge on any atom is -0.389 e. The number of rotatable bonds is 8. The van der Waals surface area contributed by atoms with Gasteiger partial charge in [0.15, 0.2) is 0 Å². The molecule has 6 heteroatoms. The molecule has 0 aromatic heterocycles. The fraction of sp³-hybridized carbons (Fsp3) is 0.538. The third-order valence-corrected chi connectivity index (χ3v) is 4.61. The Morgan fingerprint density at radius 3 is 2.53 bits per heavy atom. The Balaban J connectivity index is 2.51. The molecule has 1 aromatic rings. The van der Waals surface area contributed by atoms with Crippen molar-refractivity contribution < 1.29 is 18.3 Å². The Kier molecular flexibility index (Phi) is 6.44. The summed E-state index contributed by atoms with van der Waals surface area (Å²) in [4.78, 5) is 0. The highest BCUT2D eigenvalue weighted by atomic mass is 32.2. The molecule has 0 aliphatic rings. The number of nitrogens with zero attached hydrogens (tertiary/aromatic N) is 1. The molecule has 0 fully saturated rings. The summed E-state index contributed by atoms with van der Waals surface area (Å²) in [5, 5.41) is 9.54. The average molecular weight is 287 g/mol. The van der Waals surface area contributed by atoms with E-state index in [1.807, 2.05) is 30.3 Å². The summed E-state index contributed by atoms with van der Waals surface area (Å²) in [7, 11) is -0.417. The highest BCUT2D eigenvalue weighted by molar-refractivity contribution is 7.89. The summed E-state index contributed by atoms with van der Waals surface area (Å²) >= 11 is 0. The number of hydrogen-bond acceptors (Lipinski definition) is 4. The van der Waals surface area contributed by atoms with E-state index < -0.39 is 16.1 Å². The first-order valence-electron chi connectivity index (χ1n) is 6.10. The SMILES string of the molecule is COCC(O)CN(C)S(=O)(=O)CCc1ccccc1. The van der Waals surface area contributed by atoms with Crippen LogP contribution in [-0.2, 0) is 21.2 Å².